The first-order valence-corrected chi connectivity index (χ1v) is 5.56. The van der Waals surface area contributed by atoms with Crippen LogP contribution in [0.2, 0.25) is 0 Å². The van der Waals surface area contributed by atoms with Crippen LogP contribution in [-0.2, 0) is 0 Å². The second kappa shape index (κ2) is 5.20. The van der Waals surface area contributed by atoms with E-state index < -0.39 is 0 Å². The summed E-state index contributed by atoms with van der Waals surface area (Å²) in [6.07, 6.45) is 4.05. The Hall–Kier alpha value is -0.770. The van der Waals surface area contributed by atoms with Crippen molar-refractivity contribution in [2.24, 2.45) is 0 Å². The Morgan fingerprint density at radius 1 is 1.57 bits per heavy atom. The number of nitrogens with two attached hydrogens (primary N) is 1. The van der Waals surface area contributed by atoms with Gasteiger partial charge in [-0.15, -0.1) is 0 Å². The molecule has 14 heavy (non-hydrogen) atoms. The summed E-state index contributed by atoms with van der Waals surface area (Å²) < 4.78 is 0.955. The number of aromatic nitrogens is 1. The predicted octanol–water partition coefficient (Wildman–Crippen LogP) is 2.66. The zero-order chi connectivity index (χ0) is 10.6. The van der Waals surface area contributed by atoms with E-state index in [0.717, 1.165) is 16.8 Å². The van der Waals surface area contributed by atoms with Gasteiger partial charge in [-0.1, -0.05) is 13.3 Å². The standard InChI is InChI=1S/C10H16BrN3/c1-3-4-5-14(2)10-9(11)6-8(12)7-13-10/h6-7H,3-5,12H2,1-2H3. The Balaban J connectivity index is 2.74. The summed E-state index contributed by atoms with van der Waals surface area (Å²) in [7, 11) is 2.04. The van der Waals surface area contributed by atoms with Crippen LogP contribution in [0.1, 0.15) is 19.8 Å². The molecular formula is C10H16BrN3. The molecule has 0 fully saturated rings. The van der Waals surface area contributed by atoms with Gasteiger partial charge >= 0.3 is 0 Å². The van der Waals surface area contributed by atoms with Crippen LogP contribution < -0.4 is 10.6 Å². The Bertz CT molecular complexity index is 301. The van der Waals surface area contributed by atoms with Gasteiger partial charge in [0.1, 0.15) is 5.82 Å². The highest BCUT2D eigenvalue weighted by atomic mass is 79.9. The Morgan fingerprint density at radius 3 is 2.86 bits per heavy atom. The lowest BCUT2D eigenvalue weighted by atomic mass is 10.3. The number of halogens is 1. The van der Waals surface area contributed by atoms with E-state index in [0.29, 0.717) is 5.69 Å². The maximum Gasteiger partial charge on any atom is 0.142 e. The van der Waals surface area contributed by atoms with E-state index in [9.17, 15) is 0 Å². The Labute approximate surface area is 93.4 Å². The lowest BCUT2D eigenvalue weighted by Gasteiger charge is -2.19. The quantitative estimate of drug-likeness (QED) is 0.902. The fourth-order valence-corrected chi connectivity index (χ4v) is 1.90. The molecule has 2 N–H and O–H groups in total. The molecule has 0 saturated carbocycles. The maximum atomic E-state index is 5.62. The van der Waals surface area contributed by atoms with Crippen LogP contribution in [0.5, 0.6) is 0 Å². The van der Waals surface area contributed by atoms with Crippen LogP contribution in [-0.4, -0.2) is 18.6 Å². The number of nitrogens with zero attached hydrogens (tertiary/aromatic N) is 2. The largest absolute Gasteiger partial charge is 0.397 e. The van der Waals surface area contributed by atoms with E-state index in [1.165, 1.54) is 12.8 Å². The molecule has 4 heteroatoms. The van der Waals surface area contributed by atoms with Gasteiger partial charge in [-0.25, -0.2) is 4.98 Å². The molecule has 3 nitrogen and oxygen atoms in total. The molecule has 78 valence electrons. The van der Waals surface area contributed by atoms with Crippen molar-refractivity contribution in [2.75, 3.05) is 24.2 Å². The second-order valence-corrected chi connectivity index (χ2v) is 4.20. The molecule has 0 aliphatic heterocycles. The summed E-state index contributed by atoms with van der Waals surface area (Å²) in [6.45, 7) is 3.20. The van der Waals surface area contributed by atoms with Gasteiger partial charge in [-0.2, -0.15) is 0 Å². The summed E-state index contributed by atoms with van der Waals surface area (Å²) in [6, 6.07) is 1.88. The maximum absolute atomic E-state index is 5.62. The minimum absolute atomic E-state index is 0.685. The zero-order valence-corrected chi connectivity index (χ0v) is 10.2. The summed E-state index contributed by atoms with van der Waals surface area (Å²) >= 11 is 3.46. The molecule has 0 aliphatic rings. The molecule has 1 aromatic rings. The second-order valence-electron chi connectivity index (χ2n) is 3.35. The molecule has 1 aromatic heterocycles. The molecule has 0 radical (unpaired) electrons. The fourth-order valence-electron chi connectivity index (χ4n) is 1.23. The molecular weight excluding hydrogens is 242 g/mol. The third kappa shape index (κ3) is 2.87. The predicted molar refractivity (Wildman–Crippen MR) is 64.5 cm³/mol. The number of hydrogen-bond acceptors (Lipinski definition) is 3. The molecule has 0 atom stereocenters. The van der Waals surface area contributed by atoms with Crippen molar-refractivity contribution < 1.29 is 0 Å². The smallest absolute Gasteiger partial charge is 0.142 e. The molecule has 0 bridgehead atoms. The Kier molecular flexibility index (Phi) is 4.20. The average Bonchev–Trinajstić information content (AvgIpc) is 2.14. The first-order valence-electron chi connectivity index (χ1n) is 4.77. The molecule has 1 rings (SSSR count). The van der Waals surface area contributed by atoms with Gasteiger partial charge in [0, 0.05) is 13.6 Å². The van der Waals surface area contributed by atoms with Crippen molar-refractivity contribution in [1.29, 1.82) is 0 Å². The van der Waals surface area contributed by atoms with Crippen LogP contribution in [0.3, 0.4) is 0 Å². The van der Waals surface area contributed by atoms with Crippen molar-refractivity contribution in [3.05, 3.63) is 16.7 Å². The third-order valence-electron chi connectivity index (χ3n) is 2.05. The number of hydrogen-bond donors (Lipinski definition) is 1. The lowest BCUT2D eigenvalue weighted by Crippen LogP contribution is -2.20. The number of rotatable bonds is 4. The minimum Gasteiger partial charge on any atom is -0.397 e. The number of nitrogen functional groups attached to an aromatic ring is 1. The van der Waals surface area contributed by atoms with Crippen LogP contribution in [0.4, 0.5) is 11.5 Å². The number of pyridine rings is 1. The highest BCUT2D eigenvalue weighted by Gasteiger charge is 2.06. The first-order chi connectivity index (χ1) is 6.65. The summed E-state index contributed by atoms with van der Waals surface area (Å²) in [5.41, 5.74) is 6.30. The molecule has 0 aromatic carbocycles. The molecule has 1 heterocycles. The van der Waals surface area contributed by atoms with Crippen LogP contribution >= 0.6 is 15.9 Å². The highest BCUT2D eigenvalue weighted by molar-refractivity contribution is 9.10. The van der Waals surface area contributed by atoms with Crippen LogP contribution in [0.25, 0.3) is 0 Å². The van der Waals surface area contributed by atoms with E-state index in [4.69, 9.17) is 5.73 Å². The van der Waals surface area contributed by atoms with Gasteiger partial charge in [-0.3, -0.25) is 0 Å². The average molecular weight is 258 g/mol. The number of anilines is 2. The lowest BCUT2D eigenvalue weighted by molar-refractivity contribution is 0.758. The van der Waals surface area contributed by atoms with Gasteiger partial charge in [0.15, 0.2) is 0 Å². The summed E-state index contributed by atoms with van der Waals surface area (Å²) in [5, 5.41) is 0. The van der Waals surface area contributed by atoms with E-state index in [2.05, 4.69) is 32.7 Å². The third-order valence-corrected chi connectivity index (χ3v) is 2.64. The van der Waals surface area contributed by atoms with Gasteiger partial charge in [0.25, 0.3) is 0 Å². The van der Waals surface area contributed by atoms with Crippen LogP contribution in [0, 0.1) is 0 Å². The van der Waals surface area contributed by atoms with Crippen molar-refractivity contribution in [3.8, 4) is 0 Å². The summed E-state index contributed by atoms with van der Waals surface area (Å²) in [5.74, 6) is 0.952. The Morgan fingerprint density at radius 2 is 2.29 bits per heavy atom. The zero-order valence-electron chi connectivity index (χ0n) is 8.63. The van der Waals surface area contributed by atoms with E-state index in [1.54, 1.807) is 6.20 Å². The van der Waals surface area contributed by atoms with Crippen molar-refractivity contribution >= 4 is 27.4 Å². The van der Waals surface area contributed by atoms with Crippen molar-refractivity contribution in [1.82, 2.24) is 4.98 Å². The topological polar surface area (TPSA) is 42.2 Å². The molecule has 0 saturated heterocycles. The molecule has 0 amide bonds. The van der Waals surface area contributed by atoms with Gasteiger partial charge < -0.3 is 10.6 Å². The van der Waals surface area contributed by atoms with Crippen LogP contribution in [0.15, 0.2) is 16.7 Å². The van der Waals surface area contributed by atoms with Crippen molar-refractivity contribution in [2.45, 2.75) is 19.8 Å². The van der Waals surface area contributed by atoms with Gasteiger partial charge in [-0.05, 0) is 28.4 Å². The normalized spacial score (nSPS) is 10.2. The van der Waals surface area contributed by atoms with Crippen molar-refractivity contribution in [3.63, 3.8) is 0 Å². The summed E-state index contributed by atoms with van der Waals surface area (Å²) in [4.78, 5) is 6.42. The molecule has 0 unspecified atom stereocenters. The number of unbranched alkanes of at least 4 members (excludes halogenated alkanes) is 1. The monoisotopic (exact) mass is 257 g/mol. The highest BCUT2D eigenvalue weighted by Crippen LogP contribution is 2.24. The first kappa shape index (κ1) is 11.3. The van der Waals surface area contributed by atoms with E-state index in [1.807, 2.05) is 13.1 Å². The molecule has 0 spiro atoms. The SMILES string of the molecule is CCCCN(C)c1ncc(N)cc1Br. The minimum atomic E-state index is 0.685. The fraction of sp³-hybridized carbons (Fsp3) is 0.500. The molecule has 0 aliphatic carbocycles. The van der Waals surface area contributed by atoms with Gasteiger partial charge in [0.2, 0.25) is 0 Å². The van der Waals surface area contributed by atoms with E-state index >= 15 is 0 Å². The van der Waals surface area contributed by atoms with E-state index in [-0.39, 0.29) is 0 Å². The van der Waals surface area contributed by atoms with Gasteiger partial charge in [0.05, 0.1) is 16.4 Å².